The second-order valence-electron chi connectivity index (χ2n) is 7.64. The molecule has 1 aliphatic rings. The first-order chi connectivity index (χ1) is 12.7. The molecule has 0 radical (unpaired) electrons. The van der Waals surface area contributed by atoms with Crippen molar-refractivity contribution in [2.24, 2.45) is 0 Å². The van der Waals surface area contributed by atoms with Crippen molar-refractivity contribution in [2.45, 2.75) is 44.9 Å². The lowest BCUT2D eigenvalue weighted by molar-refractivity contribution is -0.130. The SMILES string of the molecule is CC(C)(C)NCC(=O)N1C[C@@H](F)CC1C(=O)c1nnc(-c2ccccc2)o1. The third-order valence-electron chi connectivity index (χ3n) is 4.30. The van der Waals surface area contributed by atoms with E-state index in [0.29, 0.717) is 5.56 Å². The summed E-state index contributed by atoms with van der Waals surface area (Å²) in [6, 6.07) is 8.11. The maximum Gasteiger partial charge on any atom is 0.286 e. The van der Waals surface area contributed by atoms with Crippen LogP contribution in [0.4, 0.5) is 4.39 Å². The van der Waals surface area contributed by atoms with Crippen LogP contribution in [0.3, 0.4) is 0 Å². The number of Topliss-reactive ketones (excluding diaryl/α,β-unsaturated/α-hetero) is 1. The summed E-state index contributed by atoms with van der Waals surface area (Å²) in [7, 11) is 0. The molecular weight excluding hydrogens is 351 g/mol. The molecule has 2 atom stereocenters. The highest BCUT2D eigenvalue weighted by Gasteiger charge is 2.41. The predicted molar refractivity (Wildman–Crippen MR) is 96.8 cm³/mol. The van der Waals surface area contributed by atoms with Gasteiger partial charge in [-0.05, 0) is 32.9 Å². The number of likely N-dealkylation sites (tertiary alicyclic amines) is 1. The lowest BCUT2D eigenvalue weighted by Gasteiger charge is -2.25. The summed E-state index contributed by atoms with van der Waals surface area (Å²) in [4.78, 5) is 26.5. The Morgan fingerprint density at radius 3 is 2.63 bits per heavy atom. The molecule has 0 spiro atoms. The number of hydrogen-bond donors (Lipinski definition) is 1. The minimum absolute atomic E-state index is 0.0269. The maximum absolute atomic E-state index is 14.0. The van der Waals surface area contributed by atoms with Gasteiger partial charge in [0.1, 0.15) is 12.2 Å². The van der Waals surface area contributed by atoms with Gasteiger partial charge in [0, 0.05) is 17.5 Å². The van der Waals surface area contributed by atoms with E-state index in [1.807, 2.05) is 39.0 Å². The topological polar surface area (TPSA) is 88.3 Å². The number of amides is 1. The first-order valence-corrected chi connectivity index (χ1v) is 8.86. The molecule has 1 aromatic carbocycles. The summed E-state index contributed by atoms with van der Waals surface area (Å²) in [6.45, 7) is 5.69. The molecule has 2 heterocycles. The van der Waals surface area contributed by atoms with Crippen molar-refractivity contribution in [2.75, 3.05) is 13.1 Å². The van der Waals surface area contributed by atoms with Crippen LogP contribution in [-0.2, 0) is 4.79 Å². The minimum Gasteiger partial charge on any atom is -0.414 e. The average Bonchev–Trinajstić information content (AvgIpc) is 3.26. The van der Waals surface area contributed by atoms with E-state index in [0.717, 1.165) is 0 Å². The summed E-state index contributed by atoms with van der Waals surface area (Å²) < 4.78 is 19.4. The van der Waals surface area contributed by atoms with Gasteiger partial charge in [-0.2, -0.15) is 0 Å². The van der Waals surface area contributed by atoms with Crippen molar-refractivity contribution in [3.05, 3.63) is 36.2 Å². The van der Waals surface area contributed by atoms with E-state index in [1.54, 1.807) is 12.1 Å². The molecule has 144 valence electrons. The van der Waals surface area contributed by atoms with Crippen molar-refractivity contribution in [1.29, 1.82) is 0 Å². The second kappa shape index (κ2) is 7.56. The average molecular weight is 374 g/mol. The quantitative estimate of drug-likeness (QED) is 0.808. The number of rotatable bonds is 5. The number of halogens is 1. The second-order valence-corrected chi connectivity index (χ2v) is 7.64. The van der Waals surface area contributed by atoms with Crippen molar-refractivity contribution >= 4 is 11.7 Å². The van der Waals surface area contributed by atoms with E-state index in [2.05, 4.69) is 15.5 Å². The van der Waals surface area contributed by atoms with E-state index < -0.39 is 18.0 Å². The number of hydrogen-bond acceptors (Lipinski definition) is 6. The number of ketones is 1. The van der Waals surface area contributed by atoms with Gasteiger partial charge in [-0.1, -0.05) is 18.2 Å². The zero-order chi connectivity index (χ0) is 19.6. The molecule has 1 aromatic heterocycles. The molecular formula is C19H23FN4O3. The van der Waals surface area contributed by atoms with Crippen LogP contribution in [-0.4, -0.2) is 57.6 Å². The molecule has 1 fully saturated rings. The van der Waals surface area contributed by atoms with Crippen molar-refractivity contribution in [1.82, 2.24) is 20.4 Å². The van der Waals surface area contributed by atoms with Gasteiger partial charge in [-0.3, -0.25) is 9.59 Å². The Labute approximate surface area is 156 Å². The fourth-order valence-corrected chi connectivity index (χ4v) is 2.91. The summed E-state index contributed by atoms with van der Waals surface area (Å²) in [5.41, 5.74) is 0.419. The fourth-order valence-electron chi connectivity index (χ4n) is 2.91. The number of carbonyl (C=O) groups is 2. The monoisotopic (exact) mass is 374 g/mol. The lowest BCUT2D eigenvalue weighted by atomic mass is 10.1. The highest BCUT2D eigenvalue weighted by atomic mass is 19.1. The zero-order valence-electron chi connectivity index (χ0n) is 15.6. The Kier molecular flexibility index (Phi) is 5.36. The van der Waals surface area contributed by atoms with E-state index in [4.69, 9.17) is 4.42 Å². The van der Waals surface area contributed by atoms with E-state index >= 15 is 0 Å². The molecule has 1 saturated heterocycles. The molecule has 0 saturated carbocycles. The first-order valence-electron chi connectivity index (χ1n) is 8.86. The standard InChI is InChI=1S/C19H23FN4O3/c1-19(2,3)21-10-15(25)24-11-13(20)9-14(24)16(26)18-23-22-17(27-18)12-7-5-4-6-8-12/h4-8,13-14,21H,9-11H2,1-3H3/t13-,14?/m0/s1. The molecule has 1 aliphatic heterocycles. The van der Waals surface area contributed by atoms with Gasteiger partial charge >= 0.3 is 0 Å². The highest BCUT2D eigenvalue weighted by molar-refractivity contribution is 5.99. The van der Waals surface area contributed by atoms with Crippen LogP contribution in [0.5, 0.6) is 0 Å². The molecule has 2 aromatic rings. The highest BCUT2D eigenvalue weighted by Crippen LogP contribution is 2.25. The van der Waals surface area contributed by atoms with Crippen LogP contribution >= 0.6 is 0 Å². The number of benzene rings is 1. The third kappa shape index (κ3) is 4.57. The van der Waals surface area contributed by atoms with Crippen molar-refractivity contribution < 1.29 is 18.4 Å². The van der Waals surface area contributed by atoms with Crippen molar-refractivity contribution in [3.63, 3.8) is 0 Å². The normalized spacial score (nSPS) is 20.1. The molecule has 8 heteroatoms. The largest absolute Gasteiger partial charge is 0.414 e. The van der Waals surface area contributed by atoms with Crippen LogP contribution in [0.15, 0.2) is 34.7 Å². The Morgan fingerprint density at radius 1 is 1.26 bits per heavy atom. The van der Waals surface area contributed by atoms with Gasteiger partial charge in [0.15, 0.2) is 0 Å². The van der Waals surface area contributed by atoms with Crippen LogP contribution in [0.2, 0.25) is 0 Å². The van der Waals surface area contributed by atoms with Crippen LogP contribution in [0, 0.1) is 0 Å². The number of nitrogens with zero attached hydrogens (tertiary/aromatic N) is 3. The van der Waals surface area contributed by atoms with E-state index in [-0.39, 0.29) is 42.7 Å². The van der Waals surface area contributed by atoms with Gasteiger partial charge in [-0.25, -0.2) is 4.39 Å². The number of alkyl halides is 1. The Hall–Kier alpha value is -2.61. The van der Waals surface area contributed by atoms with Crippen LogP contribution < -0.4 is 5.32 Å². The summed E-state index contributed by atoms with van der Waals surface area (Å²) in [5, 5.41) is 10.8. The Morgan fingerprint density at radius 2 is 1.96 bits per heavy atom. The molecule has 3 rings (SSSR count). The summed E-state index contributed by atoms with van der Waals surface area (Å²) in [5.74, 6) is -0.865. The predicted octanol–water partition coefficient (Wildman–Crippen LogP) is 2.25. The lowest BCUT2D eigenvalue weighted by Crippen LogP contribution is -2.48. The zero-order valence-corrected chi connectivity index (χ0v) is 15.6. The van der Waals surface area contributed by atoms with Gasteiger partial charge < -0.3 is 14.6 Å². The molecule has 1 unspecified atom stereocenters. The van der Waals surface area contributed by atoms with Crippen LogP contribution in [0.1, 0.15) is 37.9 Å². The molecule has 1 N–H and O–H groups in total. The molecule has 7 nitrogen and oxygen atoms in total. The number of carbonyl (C=O) groups excluding carboxylic acids is 2. The molecule has 1 amide bonds. The van der Waals surface area contributed by atoms with Gasteiger partial charge in [-0.15, -0.1) is 10.2 Å². The molecule has 27 heavy (non-hydrogen) atoms. The first kappa shape index (κ1) is 19.2. The minimum atomic E-state index is -1.26. The van der Waals surface area contributed by atoms with Crippen molar-refractivity contribution in [3.8, 4) is 11.5 Å². The molecule has 0 aliphatic carbocycles. The van der Waals surface area contributed by atoms with Gasteiger partial charge in [0.05, 0.1) is 13.1 Å². The van der Waals surface area contributed by atoms with Gasteiger partial charge in [0.2, 0.25) is 17.6 Å². The summed E-state index contributed by atoms with van der Waals surface area (Å²) >= 11 is 0. The smallest absolute Gasteiger partial charge is 0.286 e. The summed E-state index contributed by atoms with van der Waals surface area (Å²) in [6.07, 6.45) is -1.32. The Bertz CT molecular complexity index is 816. The number of aromatic nitrogens is 2. The number of nitrogens with one attached hydrogen (secondary N) is 1. The third-order valence-corrected chi connectivity index (χ3v) is 4.30. The van der Waals surface area contributed by atoms with Gasteiger partial charge in [0.25, 0.3) is 5.89 Å². The maximum atomic E-state index is 14.0. The fraction of sp³-hybridized carbons (Fsp3) is 0.474. The molecule has 0 bridgehead atoms. The van der Waals surface area contributed by atoms with Crippen LogP contribution in [0.25, 0.3) is 11.5 Å². The van der Waals surface area contributed by atoms with E-state index in [1.165, 1.54) is 4.90 Å². The Balaban J connectivity index is 1.74. The van der Waals surface area contributed by atoms with E-state index in [9.17, 15) is 14.0 Å².